The van der Waals surface area contributed by atoms with Gasteiger partial charge in [-0.3, -0.25) is 19.3 Å². The molecule has 37 heavy (non-hydrogen) atoms. The van der Waals surface area contributed by atoms with Crippen molar-refractivity contribution >= 4 is 32.4 Å². The molecule has 2 aromatic heterocycles. The van der Waals surface area contributed by atoms with E-state index in [0.29, 0.717) is 28.6 Å². The molecule has 1 aliphatic heterocycles. The summed E-state index contributed by atoms with van der Waals surface area (Å²) in [6.45, 7) is 3.50. The Bertz CT molecular complexity index is 1430. The summed E-state index contributed by atoms with van der Waals surface area (Å²) < 4.78 is 48.3. The zero-order valence-corrected chi connectivity index (χ0v) is 23.1. The third-order valence-electron chi connectivity index (χ3n) is 5.97. The van der Waals surface area contributed by atoms with E-state index in [1.165, 1.54) is 21.3 Å². The number of sulfonamides is 1. The van der Waals surface area contributed by atoms with Gasteiger partial charge in [0.25, 0.3) is 0 Å². The Labute approximate surface area is 219 Å². The quantitative estimate of drug-likeness (QED) is 0.371. The number of nitrogens with one attached hydrogen (secondary N) is 1. The predicted octanol–water partition coefficient (Wildman–Crippen LogP) is 3.31. The molecule has 3 aromatic rings. The Morgan fingerprint density at radius 1 is 1.08 bits per heavy atom. The summed E-state index contributed by atoms with van der Waals surface area (Å²) >= 11 is 0. The Hall–Kier alpha value is -3.42. The largest absolute Gasteiger partial charge is 0.494 e. The number of anilines is 1. The van der Waals surface area contributed by atoms with Crippen LogP contribution >= 0.6 is 10.9 Å². The van der Waals surface area contributed by atoms with E-state index < -0.39 is 32.3 Å². The number of ether oxygens (including phenoxy) is 3. The molecule has 1 aromatic carbocycles. The van der Waals surface area contributed by atoms with Crippen LogP contribution in [0.1, 0.15) is 12.5 Å². The van der Waals surface area contributed by atoms with E-state index >= 15 is 0 Å². The minimum absolute atomic E-state index is 0.0311. The monoisotopic (exact) mass is 546 g/mol. The van der Waals surface area contributed by atoms with E-state index in [-0.39, 0.29) is 5.95 Å². The third kappa shape index (κ3) is 5.20. The number of nitrogens with zero attached hydrogens (tertiary/aromatic N) is 5. The number of methoxy groups -OCH3 is 3. The molecule has 0 spiro atoms. The highest BCUT2D eigenvalue weighted by atomic mass is 32.2. The van der Waals surface area contributed by atoms with Gasteiger partial charge in [0.15, 0.2) is 5.82 Å². The molecule has 0 aliphatic carbocycles. The van der Waals surface area contributed by atoms with Gasteiger partial charge in [0.05, 0.1) is 14.2 Å². The van der Waals surface area contributed by atoms with Crippen LogP contribution in [0.4, 0.5) is 5.95 Å². The van der Waals surface area contributed by atoms with E-state index in [1.807, 2.05) is 24.8 Å². The van der Waals surface area contributed by atoms with Gasteiger partial charge in [0.1, 0.15) is 28.5 Å². The van der Waals surface area contributed by atoms with Crippen molar-refractivity contribution < 1.29 is 22.6 Å². The molecule has 1 N–H and O–H groups in total. The van der Waals surface area contributed by atoms with Crippen LogP contribution in [-0.2, 0) is 14.8 Å². The standard InChI is InChI=1S/C24H30N6O5S2/c1-15-10-17(12-25-11-15)23-27-28-24(30(23)21-18(33-3)8-7-9-19(21)34-4)29-37(31,32)16(2)22(35-5)20-13-26-14-36(20)6/h7-14,16,22,36H,1-6H3,(H,28,29)/t16-,22+/m0/s1. The van der Waals surface area contributed by atoms with Crippen LogP contribution in [-0.4, -0.2) is 72.7 Å². The van der Waals surface area contributed by atoms with Gasteiger partial charge in [-0.15, -0.1) is 10.2 Å². The van der Waals surface area contributed by atoms with Crippen LogP contribution in [0.25, 0.3) is 17.1 Å². The van der Waals surface area contributed by atoms with Gasteiger partial charge in [-0.1, -0.05) is 6.07 Å². The van der Waals surface area contributed by atoms with Crippen molar-refractivity contribution in [1.82, 2.24) is 19.7 Å². The van der Waals surface area contributed by atoms with E-state index in [1.54, 1.807) is 48.3 Å². The molecule has 0 saturated heterocycles. The zero-order chi connectivity index (χ0) is 26.7. The molecule has 11 nitrogen and oxygen atoms in total. The van der Waals surface area contributed by atoms with E-state index in [9.17, 15) is 8.42 Å². The molecule has 0 fully saturated rings. The Morgan fingerprint density at radius 3 is 2.35 bits per heavy atom. The lowest BCUT2D eigenvalue weighted by Gasteiger charge is -2.27. The average Bonchev–Trinajstić information content (AvgIpc) is 3.49. The summed E-state index contributed by atoms with van der Waals surface area (Å²) in [5, 5.41) is 7.60. The second-order valence-corrected chi connectivity index (χ2v) is 12.4. The van der Waals surface area contributed by atoms with Crippen molar-refractivity contribution in [2.75, 3.05) is 32.3 Å². The molecule has 3 atom stereocenters. The maximum atomic E-state index is 13.6. The minimum atomic E-state index is -4.01. The second-order valence-electron chi connectivity index (χ2n) is 8.38. The minimum Gasteiger partial charge on any atom is -0.494 e. The maximum absolute atomic E-state index is 13.6. The highest BCUT2D eigenvalue weighted by Crippen LogP contribution is 2.40. The lowest BCUT2D eigenvalue weighted by Crippen LogP contribution is -2.38. The normalized spacial score (nSPS) is 17.8. The number of pyridine rings is 1. The van der Waals surface area contributed by atoms with Crippen molar-refractivity contribution in [3.05, 3.63) is 53.3 Å². The smallest absolute Gasteiger partial charge is 0.243 e. The molecule has 1 aliphatic rings. The fourth-order valence-corrected chi connectivity index (χ4v) is 6.69. The van der Waals surface area contributed by atoms with Crippen molar-refractivity contribution in [1.29, 1.82) is 0 Å². The zero-order valence-electron chi connectivity index (χ0n) is 21.4. The number of hydrogen-bond donors (Lipinski definition) is 2. The summed E-state index contributed by atoms with van der Waals surface area (Å²) in [5.41, 5.74) is 3.79. The molecule has 4 rings (SSSR count). The van der Waals surface area contributed by atoms with Crippen molar-refractivity contribution in [3.8, 4) is 28.6 Å². The maximum Gasteiger partial charge on any atom is 0.243 e. The number of aliphatic imine (C=N–C) groups is 1. The SMILES string of the molecule is COc1cccc(OC)c1-n1c(NS(=O)(=O)[C@@H](C)[C@@H](OC)C2=CN=C[SH]2C)nnc1-c1cncc(C)c1. The number of aromatic nitrogens is 4. The van der Waals surface area contributed by atoms with Crippen LogP contribution in [0.3, 0.4) is 0 Å². The Balaban J connectivity index is 1.85. The number of para-hydroxylation sites is 1. The van der Waals surface area contributed by atoms with Gasteiger partial charge in [0, 0.05) is 41.7 Å². The first-order valence-corrected chi connectivity index (χ1v) is 14.7. The van der Waals surface area contributed by atoms with Gasteiger partial charge in [0.2, 0.25) is 16.0 Å². The lowest BCUT2D eigenvalue weighted by molar-refractivity contribution is 0.137. The summed E-state index contributed by atoms with van der Waals surface area (Å²) in [7, 11) is -0.202. The molecule has 3 heterocycles. The number of rotatable bonds is 10. The molecular weight excluding hydrogens is 516 g/mol. The molecule has 1 unspecified atom stereocenters. The van der Waals surface area contributed by atoms with Gasteiger partial charge in [-0.25, -0.2) is 8.42 Å². The fourth-order valence-electron chi connectivity index (χ4n) is 4.06. The Morgan fingerprint density at radius 2 is 1.78 bits per heavy atom. The highest BCUT2D eigenvalue weighted by molar-refractivity contribution is 8.31. The number of benzene rings is 1. The first-order chi connectivity index (χ1) is 17.7. The lowest BCUT2D eigenvalue weighted by atomic mass is 10.2. The predicted molar refractivity (Wildman–Crippen MR) is 147 cm³/mol. The molecule has 13 heteroatoms. The van der Waals surface area contributed by atoms with Gasteiger partial charge < -0.3 is 14.2 Å². The summed E-state index contributed by atoms with van der Waals surface area (Å²) in [4.78, 5) is 9.29. The molecule has 0 saturated carbocycles. The summed E-state index contributed by atoms with van der Waals surface area (Å²) in [5.74, 6) is 1.20. The highest BCUT2D eigenvalue weighted by Gasteiger charge is 2.36. The molecular formula is C24H30N6O5S2. The van der Waals surface area contributed by atoms with Crippen molar-refractivity contribution in [2.24, 2.45) is 4.99 Å². The number of thiol groups is 1. The molecule has 0 bridgehead atoms. The topological polar surface area (TPSA) is 130 Å². The van der Waals surface area contributed by atoms with Crippen LogP contribution in [0.2, 0.25) is 0 Å². The van der Waals surface area contributed by atoms with E-state index in [4.69, 9.17) is 14.2 Å². The van der Waals surface area contributed by atoms with Crippen LogP contribution < -0.4 is 14.2 Å². The van der Waals surface area contributed by atoms with E-state index in [2.05, 4.69) is 24.9 Å². The number of hydrogen-bond acceptors (Lipinski definition) is 9. The first-order valence-electron chi connectivity index (χ1n) is 11.3. The van der Waals surface area contributed by atoms with E-state index in [0.717, 1.165) is 10.5 Å². The first kappa shape index (κ1) is 26.6. The van der Waals surface area contributed by atoms with Gasteiger partial charge in [-0.2, -0.15) is 10.9 Å². The van der Waals surface area contributed by atoms with Gasteiger partial charge >= 0.3 is 0 Å². The van der Waals surface area contributed by atoms with Crippen LogP contribution in [0, 0.1) is 6.92 Å². The van der Waals surface area contributed by atoms with Gasteiger partial charge in [-0.05, 0) is 43.9 Å². The molecule has 0 amide bonds. The summed E-state index contributed by atoms with van der Waals surface area (Å²) in [6.07, 6.45) is 6.34. The van der Waals surface area contributed by atoms with Crippen LogP contribution in [0.15, 0.2) is 52.8 Å². The molecule has 198 valence electrons. The van der Waals surface area contributed by atoms with Crippen molar-refractivity contribution in [3.63, 3.8) is 0 Å². The second kappa shape index (κ2) is 10.9. The third-order valence-corrected chi connectivity index (χ3v) is 9.33. The summed E-state index contributed by atoms with van der Waals surface area (Å²) in [6, 6.07) is 7.14. The average molecular weight is 547 g/mol. The Kier molecular flexibility index (Phi) is 7.85. The van der Waals surface area contributed by atoms with Crippen molar-refractivity contribution in [2.45, 2.75) is 25.2 Å². The fraction of sp³-hybridized carbons (Fsp3) is 0.333. The van der Waals surface area contributed by atoms with Crippen LogP contribution in [0.5, 0.6) is 11.5 Å². The molecule has 0 radical (unpaired) electrons. The number of aryl methyl sites for hydroxylation is 1.